The molecule has 0 aliphatic carbocycles. The Balaban J connectivity index is 1.36. The molecule has 52 heavy (non-hydrogen) atoms. The summed E-state index contributed by atoms with van der Waals surface area (Å²) in [5, 5.41) is 67.4. The van der Waals surface area contributed by atoms with E-state index in [0.717, 1.165) is 16.7 Å². The number of amides is 1. The molecule has 2 unspecified atom stereocenters. The zero-order valence-corrected chi connectivity index (χ0v) is 28.8. The van der Waals surface area contributed by atoms with Crippen LogP contribution in [0.1, 0.15) is 66.4 Å². The fraction of sp³-hybridized carbons (Fsp3) is 0.421. The minimum atomic E-state index is -2.42. The number of benzene rings is 3. The maximum absolute atomic E-state index is 13.9. The van der Waals surface area contributed by atoms with Crippen LogP contribution in [0.2, 0.25) is 0 Å². The van der Waals surface area contributed by atoms with Crippen LogP contribution in [-0.2, 0) is 33.6 Å². The number of H-pyrrole nitrogens is 1. The van der Waals surface area contributed by atoms with Crippen LogP contribution >= 0.6 is 0 Å². The number of esters is 1. The number of halogens is 1. The number of carbonyl (C=O) groups excluding carboxylic acids is 2. The number of carbonyl (C=O) groups is 2. The van der Waals surface area contributed by atoms with E-state index in [1.807, 2.05) is 36.4 Å². The number of β-lactam (4-membered cyclic amide) rings is 1. The molecule has 2 heterocycles. The molecule has 1 fully saturated rings. The van der Waals surface area contributed by atoms with Crippen molar-refractivity contribution >= 4 is 17.6 Å². The van der Waals surface area contributed by atoms with Gasteiger partial charge in [0.25, 0.3) is 0 Å². The molecule has 0 spiro atoms. The number of ether oxygens (including phenoxy) is 1. The van der Waals surface area contributed by atoms with Crippen molar-refractivity contribution in [2.75, 3.05) is 24.7 Å². The largest absolute Gasteiger partial charge is 0.458 e. The van der Waals surface area contributed by atoms with E-state index in [0.29, 0.717) is 42.8 Å². The van der Waals surface area contributed by atoms with Crippen LogP contribution in [0, 0.1) is 11.7 Å². The van der Waals surface area contributed by atoms with E-state index >= 15 is 0 Å². The molecule has 4 aromatic rings. The second-order valence-electron chi connectivity index (χ2n) is 13.4. The summed E-state index contributed by atoms with van der Waals surface area (Å²) in [6.07, 6.45) is 0.825. The van der Waals surface area contributed by atoms with Gasteiger partial charge >= 0.3 is 5.97 Å². The van der Waals surface area contributed by atoms with Gasteiger partial charge in [-0.15, -0.1) is 0 Å². The lowest BCUT2D eigenvalue weighted by Gasteiger charge is -2.48. The maximum atomic E-state index is 13.9. The van der Waals surface area contributed by atoms with E-state index < -0.39 is 60.9 Å². The van der Waals surface area contributed by atoms with Crippen LogP contribution in [-0.4, -0.2) is 94.8 Å². The Hall–Kier alpha value is -4.57. The summed E-state index contributed by atoms with van der Waals surface area (Å²) in [6.45, 7) is -1.69. The molecule has 1 aromatic heterocycles. The van der Waals surface area contributed by atoms with Crippen LogP contribution in [0.3, 0.4) is 0 Å². The normalized spacial score (nSPS) is 18.4. The Kier molecular flexibility index (Phi) is 12.5. The third-order valence-corrected chi connectivity index (χ3v) is 9.83. The summed E-state index contributed by atoms with van der Waals surface area (Å²) in [5.74, 6) is -0.791. The number of hydrogen-bond acceptors (Lipinski definition) is 11. The fourth-order valence-electron chi connectivity index (χ4n) is 6.70. The second-order valence-corrected chi connectivity index (χ2v) is 13.4. The average Bonchev–Trinajstić information content (AvgIpc) is 3.69. The first-order chi connectivity index (χ1) is 24.9. The summed E-state index contributed by atoms with van der Waals surface area (Å²) in [4.78, 5) is 31.7. The van der Waals surface area contributed by atoms with Gasteiger partial charge in [0.2, 0.25) is 5.91 Å². The highest BCUT2D eigenvalue weighted by Gasteiger charge is 2.49. The molecule has 5 atom stereocenters. The molecule has 0 bridgehead atoms. The molecule has 1 amide bonds. The van der Waals surface area contributed by atoms with Gasteiger partial charge in [-0.2, -0.15) is 5.10 Å². The number of anilines is 1. The van der Waals surface area contributed by atoms with Gasteiger partial charge in [0.05, 0.1) is 31.8 Å². The highest BCUT2D eigenvalue weighted by atomic mass is 19.1. The molecule has 7 N–H and O–H groups in total. The van der Waals surface area contributed by atoms with Crippen molar-refractivity contribution < 1.29 is 49.4 Å². The number of aromatic nitrogens is 3. The summed E-state index contributed by atoms with van der Waals surface area (Å²) < 4.78 is 19.2. The lowest BCUT2D eigenvalue weighted by Crippen LogP contribution is -2.62. The summed E-state index contributed by atoms with van der Waals surface area (Å²) in [5.41, 5.74) is -0.732. The summed E-state index contributed by atoms with van der Waals surface area (Å²) in [6, 6.07) is 20.3. The van der Waals surface area contributed by atoms with Gasteiger partial charge in [-0.25, -0.2) is 9.37 Å². The predicted molar refractivity (Wildman–Crippen MR) is 186 cm³/mol. The van der Waals surface area contributed by atoms with Gasteiger partial charge < -0.3 is 40.3 Å². The monoisotopic (exact) mass is 720 g/mol. The standard InChI is InChI=1S/C38H45FN4O9/c1-24(47)52-32(27-9-11-29(39)12-10-27)16-15-31-34(43(35(31)48)30-13-4-25(5-14-30)6-17-33-40-23-41-42-33)28-7-2-26(3-8-28)18-19-37(50,20-44)36(49)38(51,21-45)22-46/h2-5,7-14,23,31-32,34,36,44-46,49-51H,6,15-22H2,1H3,(H,40,41,42)/t31-,32+,34-,36?,37?/m1/s1. The van der Waals surface area contributed by atoms with Crippen LogP contribution in [0.25, 0.3) is 0 Å². The number of nitrogens with zero attached hydrogens (tertiary/aromatic N) is 3. The van der Waals surface area contributed by atoms with Crippen LogP contribution in [0.4, 0.5) is 10.1 Å². The van der Waals surface area contributed by atoms with Crippen molar-refractivity contribution in [1.29, 1.82) is 0 Å². The highest BCUT2D eigenvalue weighted by Crippen LogP contribution is 2.47. The molecule has 0 radical (unpaired) electrons. The molecule has 1 aliphatic heterocycles. The van der Waals surface area contributed by atoms with Crippen LogP contribution < -0.4 is 4.90 Å². The van der Waals surface area contributed by atoms with Crippen molar-refractivity contribution in [3.8, 4) is 0 Å². The lowest BCUT2D eigenvalue weighted by molar-refractivity contribution is -0.212. The van der Waals surface area contributed by atoms with E-state index in [9.17, 15) is 44.6 Å². The van der Waals surface area contributed by atoms with Gasteiger partial charge in [-0.05, 0) is 78.6 Å². The quantitative estimate of drug-likeness (QED) is 0.0586. The van der Waals surface area contributed by atoms with Gasteiger partial charge in [0.1, 0.15) is 35.6 Å². The molecule has 5 rings (SSSR count). The zero-order chi connectivity index (χ0) is 37.5. The molecule has 14 heteroatoms. The molecule has 278 valence electrons. The minimum absolute atomic E-state index is 0.106. The van der Waals surface area contributed by atoms with E-state index in [1.165, 1.54) is 25.4 Å². The average molecular weight is 721 g/mol. The second kappa shape index (κ2) is 16.8. The highest BCUT2D eigenvalue weighted by molar-refractivity contribution is 6.03. The van der Waals surface area contributed by atoms with Crippen molar-refractivity contribution in [1.82, 2.24) is 15.2 Å². The van der Waals surface area contributed by atoms with Crippen LogP contribution in [0.15, 0.2) is 79.1 Å². The zero-order valence-electron chi connectivity index (χ0n) is 28.8. The maximum Gasteiger partial charge on any atom is 0.303 e. The Morgan fingerprint density at radius 2 is 1.52 bits per heavy atom. The van der Waals surface area contributed by atoms with Crippen molar-refractivity contribution in [3.63, 3.8) is 0 Å². The van der Waals surface area contributed by atoms with Gasteiger partial charge in [0, 0.05) is 19.0 Å². The van der Waals surface area contributed by atoms with Crippen LogP contribution in [0.5, 0.6) is 0 Å². The smallest absolute Gasteiger partial charge is 0.303 e. The number of aromatic amines is 1. The summed E-state index contributed by atoms with van der Waals surface area (Å²) in [7, 11) is 0. The topological polar surface area (TPSA) is 210 Å². The number of aryl methyl sites for hydroxylation is 3. The molecule has 1 aliphatic rings. The first-order valence-corrected chi connectivity index (χ1v) is 17.1. The van der Waals surface area contributed by atoms with Crippen molar-refractivity contribution in [2.45, 2.75) is 74.9 Å². The third kappa shape index (κ3) is 8.72. The van der Waals surface area contributed by atoms with Gasteiger partial charge in [0.15, 0.2) is 5.82 Å². The fourth-order valence-corrected chi connectivity index (χ4v) is 6.70. The number of aliphatic hydroxyl groups excluding tert-OH is 4. The number of rotatable bonds is 18. The van der Waals surface area contributed by atoms with E-state index in [2.05, 4.69) is 15.2 Å². The molecule has 1 saturated heterocycles. The SMILES string of the molecule is CC(=O)O[C@@H](CC[C@H]1C(=O)N(c2ccc(CCc3nc[nH]n3)cc2)[C@@H]1c1ccc(CCC(O)(CO)C(O)C(O)(CO)CO)cc1)c1ccc(F)cc1. The molecule has 13 nitrogen and oxygen atoms in total. The first-order valence-electron chi connectivity index (χ1n) is 17.1. The number of aliphatic hydroxyl groups is 6. The predicted octanol–water partition coefficient (Wildman–Crippen LogP) is 2.25. The van der Waals surface area contributed by atoms with Gasteiger partial charge in [-0.1, -0.05) is 48.5 Å². The Morgan fingerprint density at radius 1 is 0.904 bits per heavy atom. The number of hydrogen-bond donors (Lipinski definition) is 7. The molecule has 0 saturated carbocycles. The van der Waals surface area contributed by atoms with E-state index in [-0.39, 0.29) is 24.8 Å². The number of nitrogens with one attached hydrogen (secondary N) is 1. The Labute approximate surface area is 300 Å². The van der Waals surface area contributed by atoms with E-state index in [1.54, 1.807) is 29.2 Å². The lowest BCUT2D eigenvalue weighted by atomic mass is 9.77. The summed E-state index contributed by atoms with van der Waals surface area (Å²) >= 11 is 0. The van der Waals surface area contributed by atoms with Crippen molar-refractivity contribution in [2.24, 2.45) is 5.92 Å². The Bertz CT molecular complexity index is 1750. The molecular formula is C38H45FN4O9. The Morgan fingerprint density at radius 3 is 2.10 bits per heavy atom. The van der Waals surface area contributed by atoms with E-state index in [4.69, 9.17) is 4.74 Å². The molecule has 3 aromatic carbocycles. The first kappa shape index (κ1) is 38.7. The molecular weight excluding hydrogens is 675 g/mol. The third-order valence-electron chi connectivity index (χ3n) is 9.83. The van der Waals surface area contributed by atoms with Crippen molar-refractivity contribution in [3.05, 3.63) is 113 Å². The van der Waals surface area contributed by atoms with Gasteiger partial charge in [-0.3, -0.25) is 14.7 Å². The minimum Gasteiger partial charge on any atom is -0.458 e.